The number of rotatable bonds is 3. The number of amides is 1. The second-order valence-corrected chi connectivity index (χ2v) is 5.08. The average Bonchev–Trinajstić information content (AvgIpc) is 2.71. The van der Waals surface area contributed by atoms with Gasteiger partial charge in [0, 0.05) is 25.8 Å². The summed E-state index contributed by atoms with van der Waals surface area (Å²) in [6.45, 7) is 4.37. The van der Waals surface area contributed by atoms with Crippen LogP contribution in [0.5, 0.6) is 0 Å². The quantitative estimate of drug-likeness (QED) is 0.868. The molecule has 18 heavy (non-hydrogen) atoms. The van der Waals surface area contributed by atoms with Crippen molar-refractivity contribution in [2.24, 2.45) is 18.7 Å². The maximum atomic E-state index is 12.3. The lowest BCUT2D eigenvalue weighted by Crippen LogP contribution is -2.39. The molecule has 0 radical (unpaired) electrons. The second kappa shape index (κ2) is 5.52. The van der Waals surface area contributed by atoms with E-state index < -0.39 is 0 Å². The number of carbonyl (C=O) groups excluding carboxylic acids is 1. The van der Waals surface area contributed by atoms with E-state index in [1.807, 2.05) is 18.9 Å². The van der Waals surface area contributed by atoms with Crippen LogP contribution in [0.3, 0.4) is 0 Å². The lowest BCUT2D eigenvalue weighted by molar-refractivity contribution is 0.0687. The van der Waals surface area contributed by atoms with Gasteiger partial charge in [0.2, 0.25) is 0 Å². The summed E-state index contributed by atoms with van der Waals surface area (Å²) >= 11 is 0. The van der Waals surface area contributed by atoms with E-state index in [2.05, 4.69) is 5.10 Å². The fourth-order valence-corrected chi connectivity index (χ4v) is 2.54. The Morgan fingerprint density at radius 1 is 1.50 bits per heavy atom. The van der Waals surface area contributed by atoms with Crippen LogP contribution in [0.1, 0.15) is 35.3 Å². The summed E-state index contributed by atoms with van der Waals surface area (Å²) in [5.74, 6) is 0.806. The van der Waals surface area contributed by atoms with Crippen LogP contribution in [0.25, 0.3) is 0 Å². The minimum absolute atomic E-state index is 0.117. The molecule has 2 rings (SSSR count). The molecule has 5 heteroatoms. The summed E-state index contributed by atoms with van der Waals surface area (Å²) in [6.07, 6.45) is 4.89. The molecule has 2 N–H and O–H groups in total. The third-order valence-electron chi connectivity index (χ3n) is 3.94. The molecule has 0 atom stereocenters. The second-order valence-electron chi connectivity index (χ2n) is 5.08. The first-order valence-corrected chi connectivity index (χ1v) is 6.61. The zero-order valence-corrected chi connectivity index (χ0v) is 11.2. The van der Waals surface area contributed by atoms with Crippen LogP contribution in [0.4, 0.5) is 0 Å². The maximum Gasteiger partial charge on any atom is 0.257 e. The topological polar surface area (TPSA) is 64.2 Å². The van der Waals surface area contributed by atoms with Crippen LogP contribution in [0.2, 0.25) is 0 Å². The Kier molecular flexibility index (Phi) is 4.01. The van der Waals surface area contributed by atoms with Crippen LogP contribution in [0, 0.1) is 12.8 Å². The van der Waals surface area contributed by atoms with E-state index in [1.54, 1.807) is 10.9 Å². The van der Waals surface area contributed by atoms with Gasteiger partial charge in [-0.2, -0.15) is 5.10 Å². The van der Waals surface area contributed by atoms with Crippen molar-refractivity contribution in [1.82, 2.24) is 14.7 Å². The molecule has 1 fully saturated rings. The van der Waals surface area contributed by atoms with E-state index in [-0.39, 0.29) is 5.91 Å². The predicted octanol–water partition coefficient (Wildman–Crippen LogP) is 0.930. The number of nitrogens with zero attached hydrogens (tertiary/aromatic N) is 3. The molecule has 0 saturated carbocycles. The van der Waals surface area contributed by atoms with Gasteiger partial charge >= 0.3 is 0 Å². The highest BCUT2D eigenvalue weighted by atomic mass is 16.2. The predicted molar refractivity (Wildman–Crippen MR) is 70.2 cm³/mol. The molecular formula is C13H22N4O. The molecule has 5 nitrogen and oxygen atoms in total. The molecule has 100 valence electrons. The van der Waals surface area contributed by atoms with Crippen molar-refractivity contribution in [2.45, 2.75) is 26.2 Å². The first kappa shape index (κ1) is 13.1. The SMILES string of the molecule is Cc1c(C(=O)N2CCC(CCN)CC2)cnn1C. The first-order chi connectivity index (χ1) is 8.63. The molecule has 0 spiro atoms. The Hall–Kier alpha value is -1.36. The molecule has 1 amide bonds. The highest BCUT2D eigenvalue weighted by Crippen LogP contribution is 2.21. The molecule has 0 unspecified atom stereocenters. The van der Waals surface area contributed by atoms with Gasteiger partial charge in [-0.3, -0.25) is 9.48 Å². The third kappa shape index (κ3) is 2.56. The summed E-state index contributed by atoms with van der Waals surface area (Å²) in [6, 6.07) is 0. The van der Waals surface area contributed by atoms with Gasteiger partial charge in [0.05, 0.1) is 11.8 Å². The lowest BCUT2D eigenvalue weighted by atomic mass is 9.93. The van der Waals surface area contributed by atoms with Gasteiger partial charge in [0.1, 0.15) is 0 Å². The van der Waals surface area contributed by atoms with E-state index in [0.29, 0.717) is 5.92 Å². The number of hydrogen-bond donors (Lipinski definition) is 1. The Morgan fingerprint density at radius 3 is 2.67 bits per heavy atom. The van der Waals surface area contributed by atoms with Gasteiger partial charge in [-0.25, -0.2) is 0 Å². The zero-order chi connectivity index (χ0) is 13.1. The molecule has 1 aliphatic rings. The van der Waals surface area contributed by atoms with Crippen LogP contribution >= 0.6 is 0 Å². The number of nitrogens with two attached hydrogens (primary N) is 1. The van der Waals surface area contributed by atoms with Gasteiger partial charge in [-0.15, -0.1) is 0 Å². The highest BCUT2D eigenvalue weighted by molar-refractivity contribution is 5.95. The van der Waals surface area contributed by atoms with Crippen LogP contribution in [-0.2, 0) is 7.05 Å². The normalized spacial score (nSPS) is 17.2. The Labute approximate surface area is 108 Å². The average molecular weight is 250 g/mol. The van der Waals surface area contributed by atoms with E-state index in [1.165, 1.54) is 0 Å². The van der Waals surface area contributed by atoms with Gasteiger partial charge in [0.15, 0.2) is 0 Å². The van der Waals surface area contributed by atoms with Crippen molar-refractivity contribution in [1.29, 1.82) is 0 Å². The molecule has 0 aliphatic carbocycles. The molecule has 0 bridgehead atoms. The van der Waals surface area contributed by atoms with Gasteiger partial charge in [0.25, 0.3) is 5.91 Å². The fourth-order valence-electron chi connectivity index (χ4n) is 2.54. The summed E-state index contributed by atoms with van der Waals surface area (Å²) in [5.41, 5.74) is 7.24. The number of carbonyl (C=O) groups is 1. The third-order valence-corrected chi connectivity index (χ3v) is 3.94. The minimum Gasteiger partial charge on any atom is -0.339 e. The summed E-state index contributed by atoms with van der Waals surface area (Å²) in [7, 11) is 1.86. The largest absolute Gasteiger partial charge is 0.339 e. The number of piperidine rings is 1. The lowest BCUT2D eigenvalue weighted by Gasteiger charge is -2.31. The number of aromatic nitrogens is 2. The van der Waals surface area contributed by atoms with E-state index in [4.69, 9.17) is 5.73 Å². The van der Waals surface area contributed by atoms with E-state index >= 15 is 0 Å². The summed E-state index contributed by atoms with van der Waals surface area (Å²) in [5, 5.41) is 4.13. The van der Waals surface area contributed by atoms with E-state index in [0.717, 1.165) is 50.2 Å². The van der Waals surface area contributed by atoms with Crippen molar-refractivity contribution < 1.29 is 4.79 Å². The van der Waals surface area contributed by atoms with Crippen LogP contribution < -0.4 is 5.73 Å². The molecule has 1 aromatic heterocycles. The van der Waals surface area contributed by atoms with Crippen molar-refractivity contribution in [3.63, 3.8) is 0 Å². The van der Waals surface area contributed by atoms with Crippen molar-refractivity contribution in [2.75, 3.05) is 19.6 Å². The number of hydrogen-bond acceptors (Lipinski definition) is 3. The van der Waals surface area contributed by atoms with E-state index in [9.17, 15) is 4.79 Å². The van der Waals surface area contributed by atoms with Crippen LogP contribution in [0.15, 0.2) is 6.20 Å². The fraction of sp³-hybridized carbons (Fsp3) is 0.692. The van der Waals surface area contributed by atoms with Crippen molar-refractivity contribution >= 4 is 5.91 Å². The molecule has 1 aliphatic heterocycles. The van der Waals surface area contributed by atoms with Gasteiger partial charge in [-0.1, -0.05) is 0 Å². The number of likely N-dealkylation sites (tertiary alicyclic amines) is 1. The molecule has 1 aromatic rings. The van der Waals surface area contributed by atoms with Crippen molar-refractivity contribution in [3.8, 4) is 0 Å². The molecule has 0 aromatic carbocycles. The first-order valence-electron chi connectivity index (χ1n) is 6.61. The zero-order valence-electron chi connectivity index (χ0n) is 11.2. The van der Waals surface area contributed by atoms with Gasteiger partial charge < -0.3 is 10.6 Å². The monoisotopic (exact) mass is 250 g/mol. The van der Waals surface area contributed by atoms with Crippen LogP contribution in [-0.4, -0.2) is 40.2 Å². The standard InChI is InChI=1S/C13H22N4O/c1-10-12(9-15-16(10)2)13(18)17-7-4-11(3-6-14)5-8-17/h9,11H,3-8,14H2,1-2H3. The number of aryl methyl sites for hydroxylation is 1. The van der Waals surface area contributed by atoms with Gasteiger partial charge in [-0.05, 0) is 38.6 Å². The molecular weight excluding hydrogens is 228 g/mol. The highest BCUT2D eigenvalue weighted by Gasteiger charge is 2.25. The molecule has 2 heterocycles. The molecule has 1 saturated heterocycles. The summed E-state index contributed by atoms with van der Waals surface area (Å²) in [4.78, 5) is 14.3. The Bertz CT molecular complexity index is 419. The Morgan fingerprint density at radius 2 is 2.17 bits per heavy atom. The van der Waals surface area contributed by atoms with Crippen molar-refractivity contribution in [3.05, 3.63) is 17.5 Å². The minimum atomic E-state index is 0.117. The summed E-state index contributed by atoms with van der Waals surface area (Å²) < 4.78 is 1.74. The Balaban J connectivity index is 1.97. The smallest absolute Gasteiger partial charge is 0.257 e. The maximum absolute atomic E-state index is 12.3.